The summed E-state index contributed by atoms with van der Waals surface area (Å²) in [5.74, 6) is 1.43. The molecular formula is C15H17Cl2NO2S. The molecule has 0 aliphatic carbocycles. The first-order valence-electron chi connectivity index (χ1n) is 6.64. The number of benzene rings is 1. The molecule has 0 spiro atoms. The predicted molar refractivity (Wildman–Crippen MR) is 89.2 cm³/mol. The van der Waals surface area contributed by atoms with E-state index in [1.807, 2.05) is 12.1 Å². The third kappa shape index (κ3) is 4.27. The van der Waals surface area contributed by atoms with Gasteiger partial charge in [-0.3, -0.25) is 0 Å². The van der Waals surface area contributed by atoms with Crippen LogP contribution in [0.15, 0.2) is 29.6 Å². The third-order valence-electron chi connectivity index (χ3n) is 3.07. The zero-order valence-corrected chi connectivity index (χ0v) is 13.8. The minimum Gasteiger partial charge on any atom is -0.489 e. The van der Waals surface area contributed by atoms with Crippen molar-refractivity contribution >= 4 is 35.3 Å². The molecule has 3 rings (SSSR count). The fraction of sp³-hybridized carbons (Fsp3) is 0.333. The van der Waals surface area contributed by atoms with Crippen molar-refractivity contribution in [3.63, 3.8) is 0 Å². The van der Waals surface area contributed by atoms with Crippen LogP contribution in [-0.2, 0) is 13.1 Å². The molecule has 1 aliphatic heterocycles. The molecule has 1 N–H and O–H groups in total. The van der Waals surface area contributed by atoms with Crippen LogP contribution in [0, 0.1) is 0 Å². The molecule has 21 heavy (non-hydrogen) atoms. The molecule has 0 saturated heterocycles. The van der Waals surface area contributed by atoms with Crippen LogP contribution in [0.4, 0.5) is 0 Å². The van der Waals surface area contributed by atoms with Gasteiger partial charge in [0.1, 0.15) is 0 Å². The summed E-state index contributed by atoms with van der Waals surface area (Å²) >= 11 is 8.02. The highest BCUT2D eigenvalue weighted by Crippen LogP contribution is 2.37. The van der Waals surface area contributed by atoms with Gasteiger partial charge in [-0.05, 0) is 29.1 Å². The molecule has 1 aromatic heterocycles. The average Bonchev–Trinajstić information content (AvgIpc) is 2.83. The minimum absolute atomic E-state index is 0. The number of halogens is 2. The van der Waals surface area contributed by atoms with Crippen LogP contribution >= 0.6 is 35.3 Å². The van der Waals surface area contributed by atoms with Gasteiger partial charge in [-0.25, -0.2) is 0 Å². The molecule has 0 amide bonds. The topological polar surface area (TPSA) is 30.5 Å². The fourth-order valence-electron chi connectivity index (χ4n) is 2.13. The Hall–Kier alpha value is -0.940. The largest absolute Gasteiger partial charge is 0.489 e. The molecule has 1 aromatic carbocycles. The van der Waals surface area contributed by atoms with E-state index < -0.39 is 0 Å². The minimum atomic E-state index is 0. The zero-order chi connectivity index (χ0) is 13.8. The second-order valence-electron chi connectivity index (χ2n) is 4.64. The van der Waals surface area contributed by atoms with E-state index in [2.05, 4.69) is 22.8 Å². The van der Waals surface area contributed by atoms with Gasteiger partial charge in [0.2, 0.25) is 0 Å². The van der Waals surface area contributed by atoms with Crippen molar-refractivity contribution in [2.24, 2.45) is 0 Å². The first-order valence-corrected chi connectivity index (χ1v) is 7.90. The lowest BCUT2D eigenvalue weighted by Gasteiger charge is -2.12. The van der Waals surface area contributed by atoms with E-state index in [4.69, 9.17) is 21.1 Å². The maximum atomic E-state index is 6.27. The lowest BCUT2D eigenvalue weighted by Crippen LogP contribution is -2.12. The molecule has 6 heteroatoms. The van der Waals surface area contributed by atoms with E-state index in [1.54, 1.807) is 11.3 Å². The Kier molecular flexibility index (Phi) is 6.18. The molecule has 0 radical (unpaired) electrons. The normalized spacial score (nSPS) is 13.4. The van der Waals surface area contributed by atoms with E-state index >= 15 is 0 Å². The van der Waals surface area contributed by atoms with Gasteiger partial charge in [0.15, 0.2) is 11.5 Å². The monoisotopic (exact) mass is 345 g/mol. The summed E-state index contributed by atoms with van der Waals surface area (Å²) in [6.07, 6.45) is 0.886. The number of thiophene rings is 1. The van der Waals surface area contributed by atoms with Crippen LogP contribution in [0.2, 0.25) is 5.02 Å². The van der Waals surface area contributed by atoms with Gasteiger partial charge < -0.3 is 14.8 Å². The second-order valence-corrected chi connectivity index (χ2v) is 6.08. The Morgan fingerprint density at radius 1 is 1.19 bits per heavy atom. The van der Waals surface area contributed by atoms with E-state index in [0.29, 0.717) is 24.0 Å². The lowest BCUT2D eigenvalue weighted by atomic mass is 10.2. The Labute approximate surface area is 139 Å². The van der Waals surface area contributed by atoms with Crippen molar-refractivity contribution in [3.8, 4) is 11.5 Å². The van der Waals surface area contributed by atoms with Gasteiger partial charge in [0.05, 0.1) is 18.2 Å². The van der Waals surface area contributed by atoms with Crippen molar-refractivity contribution < 1.29 is 9.47 Å². The second kappa shape index (κ2) is 7.90. The smallest absolute Gasteiger partial charge is 0.179 e. The number of ether oxygens (including phenoxy) is 2. The molecule has 3 nitrogen and oxygen atoms in total. The molecule has 2 heterocycles. The lowest BCUT2D eigenvalue weighted by molar-refractivity contribution is 0.297. The predicted octanol–water partition coefficient (Wildman–Crippen LogP) is 4.27. The van der Waals surface area contributed by atoms with Crippen LogP contribution in [0.25, 0.3) is 0 Å². The third-order valence-corrected chi connectivity index (χ3v) is 4.23. The van der Waals surface area contributed by atoms with Crippen LogP contribution in [0.3, 0.4) is 0 Å². The molecule has 114 valence electrons. The van der Waals surface area contributed by atoms with Crippen molar-refractivity contribution in [1.29, 1.82) is 0 Å². The summed E-state index contributed by atoms with van der Waals surface area (Å²) in [5, 5.41) is 6.12. The molecular weight excluding hydrogens is 329 g/mol. The first-order chi connectivity index (χ1) is 9.83. The van der Waals surface area contributed by atoms with E-state index in [-0.39, 0.29) is 12.4 Å². The Bertz CT molecular complexity index is 575. The summed E-state index contributed by atoms with van der Waals surface area (Å²) in [5.41, 5.74) is 1.11. The quantitative estimate of drug-likeness (QED) is 0.897. The number of nitrogens with one attached hydrogen (secondary N) is 1. The SMILES string of the molecule is Cl.Clc1cc(CNCc2cccs2)cc2c1OCCCO2. The van der Waals surface area contributed by atoms with Crippen molar-refractivity contribution in [2.75, 3.05) is 13.2 Å². The molecule has 0 atom stereocenters. The molecule has 0 unspecified atom stereocenters. The van der Waals surface area contributed by atoms with Gasteiger partial charge in [0.25, 0.3) is 0 Å². The highest BCUT2D eigenvalue weighted by atomic mass is 35.5. The first kappa shape index (κ1) is 16.4. The highest BCUT2D eigenvalue weighted by Gasteiger charge is 2.15. The van der Waals surface area contributed by atoms with Crippen LogP contribution < -0.4 is 14.8 Å². The summed E-state index contributed by atoms with van der Waals surface area (Å²) in [4.78, 5) is 1.32. The van der Waals surface area contributed by atoms with Crippen LogP contribution in [0.5, 0.6) is 11.5 Å². The number of rotatable bonds is 4. The summed E-state index contributed by atoms with van der Waals surface area (Å²) in [7, 11) is 0. The maximum Gasteiger partial charge on any atom is 0.179 e. The Morgan fingerprint density at radius 2 is 2.05 bits per heavy atom. The van der Waals surface area contributed by atoms with E-state index in [9.17, 15) is 0 Å². The van der Waals surface area contributed by atoms with Gasteiger partial charge in [-0.2, -0.15) is 0 Å². The summed E-state index contributed by atoms with van der Waals surface area (Å²) in [6.45, 7) is 2.95. The van der Waals surface area contributed by atoms with Gasteiger partial charge in [-0.1, -0.05) is 17.7 Å². The van der Waals surface area contributed by atoms with Crippen molar-refractivity contribution in [1.82, 2.24) is 5.32 Å². The van der Waals surface area contributed by atoms with Gasteiger partial charge >= 0.3 is 0 Å². The average molecular weight is 346 g/mol. The number of hydrogen-bond donors (Lipinski definition) is 1. The van der Waals surface area contributed by atoms with Gasteiger partial charge in [0, 0.05) is 24.4 Å². The van der Waals surface area contributed by atoms with E-state index in [0.717, 1.165) is 30.8 Å². The fourth-order valence-corrected chi connectivity index (χ4v) is 3.09. The Balaban J connectivity index is 0.00000161. The van der Waals surface area contributed by atoms with Crippen LogP contribution in [0.1, 0.15) is 16.9 Å². The Morgan fingerprint density at radius 3 is 2.86 bits per heavy atom. The summed E-state index contributed by atoms with van der Waals surface area (Å²) in [6, 6.07) is 8.13. The van der Waals surface area contributed by atoms with Crippen molar-refractivity contribution in [3.05, 3.63) is 45.1 Å². The number of fused-ring (bicyclic) bond motifs is 1. The van der Waals surface area contributed by atoms with Gasteiger partial charge in [-0.15, -0.1) is 23.7 Å². The zero-order valence-electron chi connectivity index (χ0n) is 11.4. The molecule has 1 aliphatic rings. The standard InChI is InChI=1S/C15H16ClNO2S.ClH/c16-13-7-11(9-17-10-12-3-1-6-20-12)8-14-15(13)19-5-2-4-18-14;/h1,3,6-8,17H,2,4-5,9-10H2;1H. The van der Waals surface area contributed by atoms with Crippen molar-refractivity contribution in [2.45, 2.75) is 19.5 Å². The molecule has 2 aromatic rings. The summed E-state index contributed by atoms with van der Waals surface area (Å²) < 4.78 is 11.3. The maximum absolute atomic E-state index is 6.27. The van der Waals surface area contributed by atoms with E-state index in [1.165, 1.54) is 4.88 Å². The molecule has 0 fully saturated rings. The molecule has 0 bridgehead atoms. The molecule has 0 saturated carbocycles. The van der Waals surface area contributed by atoms with Crippen LogP contribution in [-0.4, -0.2) is 13.2 Å². The highest BCUT2D eigenvalue weighted by molar-refractivity contribution is 7.09. The number of hydrogen-bond acceptors (Lipinski definition) is 4.